The smallest absolute Gasteiger partial charge is 0.403 e. The van der Waals surface area contributed by atoms with Gasteiger partial charge in [0.25, 0.3) is 0 Å². The van der Waals surface area contributed by atoms with Gasteiger partial charge in [-0.15, -0.1) is 0 Å². The molecule has 2 N–H and O–H groups in total. The summed E-state index contributed by atoms with van der Waals surface area (Å²) < 4.78 is 46.8. The summed E-state index contributed by atoms with van der Waals surface area (Å²) in [5, 5.41) is 0. The fraction of sp³-hybridized carbons (Fsp3) is 0.455. The number of benzene rings is 1. The lowest BCUT2D eigenvalue weighted by atomic mass is 10.1. The molecule has 0 spiro atoms. The monoisotopic (exact) mass is 249 g/mol. The zero-order valence-corrected chi connectivity index (χ0v) is 9.54. The molecule has 17 heavy (non-hydrogen) atoms. The fourth-order valence-corrected chi connectivity index (χ4v) is 1.38. The van der Waals surface area contributed by atoms with Gasteiger partial charge in [-0.25, -0.2) is 0 Å². The average molecular weight is 249 g/mol. The molecule has 1 atom stereocenters. The number of nitrogens with two attached hydrogens (primary N) is 1. The maximum Gasteiger partial charge on any atom is 0.403 e. The summed E-state index contributed by atoms with van der Waals surface area (Å²) in [6.45, 7) is 0. The van der Waals surface area contributed by atoms with Crippen LogP contribution in [0.25, 0.3) is 0 Å². The summed E-state index contributed by atoms with van der Waals surface area (Å²) in [5.41, 5.74) is 5.50. The van der Waals surface area contributed by atoms with Crippen molar-refractivity contribution in [2.75, 3.05) is 14.2 Å². The zero-order valence-electron chi connectivity index (χ0n) is 9.54. The Labute approximate surface area is 97.3 Å². The van der Waals surface area contributed by atoms with Crippen molar-refractivity contribution in [3.05, 3.63) is 23.8 Å². The van der Waals surface area contributed by atoms with Crippen LogP contribution in [0.3, 0.4) is 0 Å². The van der Waals surface area contributed by atoms with Crippen LogP contribution in [-0.4, -0.2) is 26.4 Å². The summed E-state index contributed by atoms with van der Waals surface area (Å²) >= 11 is 0. The van der Waals surface area contributed by atoms with Crippen molar-refractivity contribution in [2.24, 2.45) is 5.73 Å². The number of ether oxygens (including phenoxy) is 2. The molecule has 1 aromatic rings. The second kappa shape index (κ2) is 5.27. The topological polar surface area (TPSA) is 44.5 Å². The molecule has 1 rings (SSSR count). The zero-order chi connectivity index (χ0) is 13.1. The molecule has 0 aliphatic heterocycles. The second-order valence-electron chi connectivity index (χ2n) is 3.54. The van der Waals surface area contributed by atoms with E-state index in [0.717, 1.165) is 0 Å². The summed E-state index contributed by atoms with van der Waals surface area (Å²) in [4.78, 5) is 0. The first-order valence-electron chi connectivity index (χ1n) is 4.91. The Hall–Kier alpha value is -1.43. The van der Waals surface area contributed by atoms with Gasteiger partial charge in [-0.1, -0.05) is 6.07 Å². The van der Waals surface area contributed by atoms with E-state index in [2.05, 4.69) is 0 Å². The minimum Gasteiger partial charge on any atom is -0.493 e. The molecule has 0 saturated carbocycles. The van der Waals surface area contributed by atoms with E-state index in [1.165, 1.54) is 26.4 Å². The molecule has 1 aromatic carbocycles. The molecule has 0 radical (unpaired) electrons. The van der Waals surface area contributed by atoms with Crippen LogP contribution in [-0.2, 0) is 6.42 Å². The molecule has 3 nitrogen and oxygen atoms in total. The van der Waals surface area contributed by atoms with E-state index < -0.39 is 12.2 Å². The predicted octanol–water partition coefficient (Wildman–Crippen LogP) is 2.14. The normalized spacial score (nSPS) is 13.3. The molecule has 0 saturated heterocycles. The molecule has 0 heterocycles. The Morgan fingerprint density at radius 2 is 1.76 bits per heavy atom. The molecule has 0 unspecified atom stereocenters. The van der Waals surface area contributed by atoms with Crippen LogP contribution in [0.2, 0.25) is 0 Å². The highest BCUT2D eigenvalue weighted by molar-refractivity contribution is 5.43. The van der Waals surface area contributed by atoms with Crippen molar-refractivity contribution in [3.63, 3.8) is 0 Å². The van der Waals surface area contributed by atoms with Crippen molar-refractivity contribution < 1.29 is 22.6 Å². The van der Waals surface area contributed by atoms with E-state index in [9.17, 15) is 13.2 Å². The van der Waals surface area contributed by atoms with Gasteiger partial charge in [0, 0.05) is 0 Å². The fourth-order valence-electron chi connectivity index (χ4n) is 1.38. The Bertz CT molecular complexity index is 379. The highest BCUT2D eigenvalue weighted by Gasteiger charge is 2.36. The van der Waals surface area contributed by atoms with Crippen LogP contribution in [0.5, 0.6) is 11.5 Å². The van der Waals surface area contributed by atoms with Crippen LogP contribution < -0.4 is 15.2 Å². The van der Waals surface area contributed by atoms with E-state index in [4.69, 9.17) is 15.2 Å². The van der Waals surface area contributed by atoms with Crippen LogP contribution in [0.15, 0.2) is 18.2 Å². The number of hydrogen-bond donors (Lipinski definition) is 1. The van der Waals surface area contributed by atoms with Crippen LogP contribution in [0.4, 0.5) is 13.2 Å². The van der Waals surface area contributed by atoms with E-state index in [-0.39, 0.29) is 6.42 Å². The van der Waals surface area contributed by atoms with Crippen LogP contribution in [0.1, 0.15) is 5.56 Å². The van der Waals surface area contributed by atoms with E-state index in [1.807, 2.05) is 0 Å². The van der Waals surface area contributed by atoms with Crippen molar-refractivity contribution in [1.82, 2.24) is 0 Å². The largest absolute Gasteiger partial charge is 0.493 e. The first-order chi connectivity index (χ1) is 7.88. The second-order valence-corrected chi connectivity index (χ2v) is 3.54. The van der Waals surface area contributed by atoms with Gasteiger partial charge in [0.1, 0.15) is 6.04 Å². The van der Waals surface area contributed by atoms with Gasteiger partial charge in [-0.3, -0.25) is 0 Å². The van der Waals surface area contributed by atoms with Gasteiger partial charge >= 0.3 is 6.18 Å². The van der Waals surface area contributed by atoms with E-state index in [0.29, 0.717) is 17.1 Å². The average Bonchev–Trinajstić information content (AvgIpc) is 2.27. The summed E-state index contributed by atoms with van der Waals surface area (Å²) in [7, 11) is 2.88. The van der Waals surface area contributed by atoms with E-state index >= 15 is 0 Å². The third kappa shape index (κ3) is 3.52. The maximum atomic E-state index is 12.3. The lowest BCUT2D eigenvalue weighted by molar-refractivity contribution is -0.147. The SMILES string of the molecule is COc1ccc(C[C@@H](N)C(F)(F)F)cc1OC. The number of alkyl halides is 3. The first-order valence-corrected chi connectivity index (χ1v) is 4.91. The molecule has 0 fully saturated rings. The minimum absolute atomic E-state index is 0.288. The van der Waals surface area contributed by atoms with Crippen molar-refractivity contribution >= 4 is 0 Å². The van der Waals surface area contributed by atoms with Gasteiger partial charge in [-0.2, -0.15) is 13.2 Å². The molecule has 6 heteroatoms. The number of methoxy groups -OCH3 is 2. The first kappa shape index (κ1) is 13.6. The quantitative estimate of drug-likeness (QED) is 0.889. The van der Waals surface area contributed by atoms with Gasteiger partial charge < -0.3 is 15.2 Å². The third-order valence-corrected chi connectivity index (χ3v) is 2.32. The van der Waals surface area contributed by atoms with Crippen molar-refractivity contribution in [2.45, 2.75) is 18.6 Å². The van der Waals surface area contributed by atoms with E-state index in [1.54, 1.807) is 6.07 Å². The molecule has 0 aliphatic carbocycles. The Kier molecular flexibility index (Phi) is 4.22. The number of hydrogen-bond acceptors (Lipinski definition) is 3. The molecule has 0 amide bonds. The van der Waals surface area contributed by atoms with Crippen molar-refractivity contribution in [3.8, 4) is 11.5 Å². The van der Waals surface area contributed by atoms with Crippen LogP contribution in [0, 0.1) is 0 Å². The summed E-state index contributed by atoms with van der Waals surface area (Å²) in [5.74, 6) is 0.858. The van der Waals surface area contributed by atoms with Gasteiger partial charge in [0.15, 0.2) is 11.5 Å². The molecule has 96 valence electrons. The molecule has 0 aliphatic rings. The number of rotatable bonds is 4. The summed E-state index contributed by atoms with van der Waals surface area (Å²) in [6, 6.07) is 2.70. The Balaban J connectivity index is 2.86. The van der Waals surface area contributed by atoms with Crippen molar-refractivity contribution in [1.29, 1.82) is 0 Å². The minimum atomic E-state index is -4.40. The molecular formula is C11H14F3NO2. The highest BCUT2D eigenvalue weighted by atomic mass is 19.4. The standard InChI is InChI=1S/C11H14F3NO2/c1-16-8-4-3-7(5-9(8)17-2)6-10(15)11(12,13)14/h3-5,10H,6,15H2,1-2H3/t10-/m1/s1. The van der Waals surface area contributed by atoms with Crippen LogP contribution >= 0.6 is 0 Å². The van der Waals surface area contributed by atoms with Gasteiger partial charge in [0.2, 0.25) is 0 Å². The summed E-state index contributed by atoms with van der Waals surface area (Å²) in [6.07, 6.45) is -4.68. The lowest BCUT2D eigenvalue weighted by Crippen LogP contribution is -2.39. The molecular weight excluding hydrogens is 235 g/mol. The molecule has 0 bridgehead atoms. The Morgan fingerprint density at radius 1 is 1.18 bits per heavy atom. The highest BCUT2D eigenvalue weighted by Crippen LogP contribution is 2.29. The maximum absolute atomic E-state index is 12.3. The predicted molar refractivity (Wildman–Crippen MR) is 57.3 cm³/mol. The Morgan fingerprint density at radius 3 is 2.24 bits per heavy atom. The molecule has 0 aromatic heterocycles. The number of halogens is 3. The van der Waals surface area contributed by atoms with Gasteiger partial charge in [0.05, 0.1) is 14.2 Å². The lowest BCUT2D eigenvalue weighted by Gasteiger charge is -2.16. The third-order valence-electron chi connectivity index (χ3n) is 2.32. The van der Waals surface area contributed by atoms with Gasteiger partial charge in [-0.05, 0) is 24.1 Å².